The number of fused-ring (bicyclic) bond motifs is 1. The normalized spacial score (nSPS) is 11.9. The Morgan fingerprint density at radius 1 is 0.917 bits per heavy atom. The van der Waals surface area contributed by atoms with E-state index in [1.165, 1.54) is 12.1 Å². The van der Waals surface area contributed by atoms with Gasteiger partial charge in [0.05, 0.1) is 11.4 Å². The molecule has 122 valence electrons. The molecular weight excluding hydrogens is 329 g/mol. The summed E-state index contributed by atoms with van der Waals surface area (Å²) in [5.41, 5.74) is 4.85. The van der Waals surface area contributed by atoms with Crippen LogP contribution in [0.25, 0.3) is 10.8 Å². The van der Waals surface area contributed by atoms with E-state index in [0.717, 1.165) is 11.3 Å². The van der Waals surface area contributed by atoms with Crippen LogP contribution in [0.3, 0.4) is 0 Å². The second-order valence-electron chi connectivity index (χ2n) is 5.20. The molecule has 0 spiro atoms. The van der Waals surface area contributed by atoms with Crippen LogP contribution in [0.2, 0.25) is 0 Å². The Kier molecular flexibility index (Phi) is 4.26. The molecule has 0 aliphatic rings. The van der Waals surface area contributed by atoms with Gasteiger partial charge < -0.3 is 0 Å². The summed E-state index contributed by atoms with van der Waals surface area (Å²) in [6.07, 6.45) is 0. The van der Waals surface area contributed by atoms with Crippen LogP contribution in [-0.2, 0) is 10.2 Å². The molecule has 0 atom stereocenters. The first-order valence-electron chi connectivity index (χ1n) is 7.15. The minimum absolute atomic E-state index is 0.277. The predicted octanol–water partition coefficient (Wildman–Crippen LogP) is 4.92. The van der Waals surface area contributed by atoms with Gasteiger partial charge in [-0.3, -0.25) is 5.43 Å². The maximum atomic E-state index is 13.5. The molecule has 24 heavy (non-hydrogen) atoms. The van der Waals surface area contributed by atoms with Crippen LogP contribution < -0.4 is 5.43 Å². The van der Waals surface area contributed by atoms with Crippen molar-refractivity contribution < 1.29 is 12.3 Å². The van der Waals surface area contributed by atoms with Gasteiger partial charge in [-0.15, -0.1) is 9.00 Å². The van der Waals surface area contributed by atoms with Gasteiger partial charge in [-0.05, 0) is 30.7 Å². The van der Waals surface area contributed by atoms with Gasteiger partial charge in [-0.2, -0.15) is 8.42 Å². The Balaban J connectivity index is 2.06. The van der Waals surface area contributed by atoms with Crippen molar-refractivity contribution >= 4 is 32.4 Å². The zero-order valence-electron chi connectivity index (χ0n) is 12.8. The molecule has 7 heteroatoms. The Morgan fingerprint density at radius 3 is 2.38 bits per heavy atom. The summed E-state index contributed by atoms with van der Waals surface area (Å²) in [4.78, 5) is -0.368. The number of aryl methyl sites for hydroxylation is 1. The van der Waals surface area contributed by atoms with E-state index in [1.54, 1.807) is 18.2 Å². The summed E-state index contributed by atoms with van der Waals surface area (Å²) in [6, 6.07) is 16.9. The smallest absolute Gasteiger partial charge is 0.260 e. The number of nitrogens with one attached hydrogen (secondary N) is 1. The van der Waals surface area contributed by atoms with Crippen molar-refractivity contribution in [3.63, 3.8) is 0 Å². The van der Waals surface area contributed by atoms with Gasteiger partial charge in [0.1, 0.15) is 4.90 Å². The fourth-order valence-electron chi connectivity index (χ4n) is 2.41. The molecule has 5 nitrogen and oxygen atoms in total. The molecule has 0 aliphatic heterocycles. The van der Waals surface area contributed by atoms with Crippen LogP contribution >= 0.6 is 0 Å². The SMILES string of the molecule is Cc1ccc2c(S(=O)(=O)F)cccc2c1N=NNc1ccccc1. The molecule has 0 radical (unpaired) electrons. The first kappa shape index (κ1) is 16.1. The molecule has 0 aromatic heterocycles. The molecule has 3 rings (SSSR count). The van der Waals surface area contributed by atoms with E-state index >= 15 is 0 Å². The van der Waals surface area contributed by atoms with Crippen LogP contribution in [-0.4, -0.2) is 8.42 Å². The Hall–Kier alpha value is -2.80. The van der Waals surface area contributed by atoms with E-state index in [0.29, 0.717) is 11.1 Å². The lowest BCUT2D eigenvalue weighted by atomic mass is 10.1. The summed E-state index contributed by atoms with van der Waals surface area (Å²) in [5.74, 6) is 0. The molecular formula is C17H14FN3O2S. The molecule has 0 heterocycles. The lowest BCUT2D eigenvalue weighted by Crippen LogP contribution is -1.94. The van der Waals surface area contributed by atoms with E-state index < -0.39 is 10.2 Å². The third-order valence-electron chi connectivity index (χ3n) is 3.56. The van der Waals surface area contributed by atoms with Crippen LogP contribution in [0.4, 0.5) is 15.3 Å². The van der Waals surface area contributed by atoms with Crippen molar-refractivity contribution in [1.82, 2.24) is 0 Å². The van der Waals surface area contributed by atoms with E-state index in [-0.39, 0.29) is 10.3 Å². The lowest BCUT2D eigenvalue weighted by molar-refractivity contribution is 0.553. The first-order valence-corrected chi connectivity index (χ1v) is 8.54. The van der Waals surface area contributed by atoms with E-state index in [4.69, 9.17) is 0 Å². The minimum atomic E-state index is -4.81. The molecule has 0 amide bonds. The first-order chi connectivity index (χ1) is 11.5. The van der Waals surface area contributed by atoms with Gasteiger partial charge >= 0.3 is 10.2 Å². The average Bonchev–Trinajstić information content (AvgIpc) is 2.56. The van der Waals surface area contributed by atoms with Crippen molar-refractivity contribution in [1.29, 1.82) is 0 Å². The molecule has 0 fully saturated rings. The van der Waals surface area contributed by atoms with Gasteiger partial charge in [-0.1, -0.05) is 47.7 Å². The molecule has 0 unspecified atom stereocenters. The van der Waals surface area contributed by atoms with Crippen molar-refractivity contribution in [2.45, 2.75) is 11.8 Å². The monoisotopic (exact) mass is 343 g/mol. The van der Waals surface area contributed by atoms with Crippen molar-refractivity contribution in [3.8, 4) is 0 Å². The van der Waals surface area contributed by atoms with Gasteiger partial charge in [0.15, 0.2) is 0 Å². The highest BCUT2D eigenvalue weighted by molar-refractivity contribution is 7.86. The van der Waals surface area contributed by atoms with Crippen LogP contribution in [0.15, 0.2) is 75.9 Å². The highest BCUT2D eigenvalue weighted by Gasteiger charge is 2.17. The van der Waals surface area contributed by atoms with E-state index in [9.17, 15) is 12.3 Å². The second-order valence-corrected chi connectivity index (χ2v) is 6.51. The number of halogens is 1. The van der Waals surface area contributed by atoms with Crippen LogP contribution in [0.5, 0.6) is 0 Å². The predicted molar refractivity (Wildman–Crippen MR) is 91.6 cm³/mol. The number of anilines is 1. The Bertz CT molecular complexity index is 1020. The number of hydrogen-bond donors (Lipinski definition) is 1. The fraction of sp³-hybridized carbons (Fsp3) is 0.0588. The number of hydrogen-bond acceptors (Lipinski definition) is 4. The summed E-state index contributed by atoms with van der Waals surface area (Å²) >= 11 is 0. The number of rotatable bonds is 4. The largest absolute Gasteiger partial charge is 0.332 e. The maximum absolute atomic E-state index is 13.5. The Morgan fingerprint density at radius 2 is 1.67 bits per heavy atom. The number of para-hydroxylation sites is 1. The van der Waals surface area contributed by atoms with Gasteiger partial charge in [-0.25, -0.2) is 0 Å². The molecule has 1 N–H and O–H groups in total. The maximum Gasteiger partial charge on any atom is 0.332 e. The van der Waals surface area contributed by atoms with E-state index in [1.807, 2.05) is 37.3 Å². The van der Waals surface area contributed by atoms with Gasteiger partial charge in [0.2, 0.25) is 0 Å². The topological polar surface area (TPSA) is 70.9 Å². The minimum Gasteiger partial charge on any atom is -0.260 e. The summed E-state index contributed by atoms with van der Waals surface area (Å²) < 4.78 is 36.1. The quantitative estimate of drug-likeness (QED) is 0.415. The highest BCUT2D eigenvalue weighted by atomic mass is 32.3. The van der Waals surface area contributed by atoms with Gasteiger partial charge in [0, 0.05) is 10.8 Å². The molecule has 0 aliphatic carbocycles. The van der Waals surface area contributed by atoms with Crippen molar-refractivity contribution in [2.75, 3.05) is 5.43 Å². The average molecular weight is 343 g/mol. The Labute approximate surface area is 139 Å². The fourth-order valence-corrected chi connectivity index (χ4v) is 3.09. The zero-order chi connectivity index (χ0) is 17.2. The van der Waals surface area contributed by atoms with Crippen LogP contribution in [0, 0.1) is 6.92 Å². The van der Waals surface area contributed by atoms with Crippen molar-refractivity contribution in [3.05, 3.63) is 66.2 Å². The van der Waals surface area contributed by atoms with E-state index in [2.05, 4.69) is 15.8 Å². The lowest BCUT2D eigenvalue weighted by Gasteiger charge is -2.07. The number of benzene rings is 3. The van der Waals surface area contributed by atoms with Crippen LogP contribution in [0.1, 0.15) is 5.56 Å². The van der Waals surface area contributed by atoms with Gasteiger partial charge in [0.25, 0.3) is 0 Å². The summed E-state index contributed by atoms with van der Waals surface area (Å²) in [6.45, 7) is 1.83. The molecule has 0 bridgehead atoms. The molecule has 3 aromatic carbocycles. The summed E-state index contributed by atoms with van der Waals surface area (Å²) in [7, 11) is -4.81. The molecule has 3 aromatic rings. The molecule has 0 saturated carbocycles. The zero-order valence-corrected chi connectivity index (χ0v) is 13.6. The standard InChI is InChI=1S/C17H14FN3O2S/c1-12-10-11-14-15(8-5-9-16(14)24(18,22)23)17(12)20-21-19-13-6-3-2-4-7-13/h2-11H,1H3,(H,19,20). The second kappa shape index (κ2) is 6.37. The highest BCUT2D eigenvalue weighted by Crippen LogP contribution is 2.34. The molecule has 0 saturated heterocycles. The third-order valence-corrected chi connectivity index (χ3v) is 4.44. The number of nitrogens with zero attached hydrogens (tertiary/aromatic N) is 2. The summed E-state index contributed by atoms with van der Waals surface area (Å²) in [5, 5.41) is 8.89. The van der Waals surface area contributed by atoms with Crippen molar-refractivity contribution in [2.24, 2.45) is 10.3 Å². The third kappa shape index (κ3) is 3.26.